The number of nitrogens with one attached hydrogen (secondary N) is 1. The molecule has 1 aromatic heterocycles. The first-order valence-electron chi connectivity index (χ1n) is 12.4. The van der Waals surface area contributed by atoms with Crippen LogP contribution in [0.5, 0.6) is 5.75 Å². The summed E-state index contributed by atoms with van der Waals surface area (Å²) in [5, 5.41) is 12.4. The number of hydrogen-bond donors (Lipinski definition) is 2. The van der Waals surface area contributed by atoms with Gasteiger partial charge in [-0.25, -0.2) is 4.98 Å². The third-order valence-electron chi connectivity index (χ3n) is 6.87. The number of aliphatic carboxylic acids is 1. The number of anilines is 2. The van der Waals surface area contributed by atoms with E-state index in [1.807, 2.05) is 30.3 Å². The molecule has 198 valence electrons. The number of alkyl halides is 3. The summed E-state index contributed by atoms with van der Waals surface area (Å²) in [6, 6.07) is 19.7. The number of carboxylic acids is 1. The highest BCUT2D eigenvalue weighted by atomic mass is 19.4. The van der Waals surface area contributed by atoms with Crippen molar-refractivity contribution in [2.24, 2.45) is 5.41 Å². The maximum atomic E-state index is 12.6. The van der Waals surface area contributed by atoms with Crippen LogP contribution in [0, 0.1) is 5.41 Å². The standard InChI is InChI=1S/C29H28F3N3O3/c1-28(2)16-19-5-3-4-6-22(19)25(17-28)35-24-13-7-18(8-14-26(36)37)15-23(24)34-27(35)33-20-9-11-21(12-10-20)38-29(30,31)32/h3-7,9-13,15,25H,8,14,16-17H2,1-2H3,(H,33,34)(H,36,37)/t25-/m0/s1. The minimum atomic E-state index is -4.76. The Morgan fingerprint density at radius 3 is 2.58 bits per heavy atom. The van der Waals surface area contributed by atoms with Crippen LogP contribution in [0.3, 0.4) is 0 Å². The monoisotopic (exact) mass is 523 g/mol. The fourth-order valence-corrected chi connectivity index (χ4v) is 5.30. The predicted molar refractivity (Wildman–Crippen MR) is 139 cm³/mol. The molecule has 0 unspecified atom stereocenters. The van der Waals surface area contributed by atoms with Crippen LogP contribution in [0.15, 0.2) is 66.7 Å². The molecule has 5 rings (SSSR count). The summed E-state index contributed by atoms with van der Waals surface area (Å²) in [6.07, 6.45) is -2.53. The number of nitrogens with zero attached hydrogens (tertiary/aromatic N) is 2. The van der Waals surface area contributed by atoms with Crippen LogP contribution in [0.1, 0.15) is 49.4 Å². The summed E-state index contributed by atoms with van der Waals surface area (Å²) in [7, 11) is 0. The molecule has 0 spiro atoms. The summed E-state index contributed by atoms with van der Waals surface area (Å²) >= 11 is 0. The maximum Gasteiger partial charge on any atom is 0.573 e. The summed E-state index contributed by atoms with van der Waals surface area (Å²) in [6.45, 7) is 4.48. The average molecular weight is 524 g/mol. The van der Waals surface area contributed by atoms with Gasteiger partial charge in [-0.15, -0.1) is 13.2 Å². The van der Waals surface area contributed by atoms with Gasteiger partial charge in [-0.1, -0.05) is 44.2 Å². The number of carbonyl (C=O) groups is 1. The quantitative estimate of drug-likeness (QED) is 0.267. The molecule has 1 aliphatic rings. The van der Waals surface area contributed by atoms with E-state index < -0.39 is 12.3 Å². The Balaban J connectivity index is 1.58. The molecule has 9 heteroatoms. The number of aryl methyl sites for hydroxylation is 1. The molecule has 1 aliphatic carbocycles. The highest BCUT2D eigenvalue weighted by Gasteiger charge is 2.35. The van der Waals surface area contributed by atoms with Crippen molar-refractivity contribution >= 4 is 28.6 Å². The molecule has 1 atom stereocenters. The fraction of sp³-hybridized carbons (Fsp3) is 0.310. The van der Waals surface area contributed by atoms with Gasteiger partial charge in [0.2, 0.25) is 5.95 Å². The summed E-state index contributed by atoms with van der Waals surface area (Å²) in [5.41, 5.74) is 5.55. The molecule has 0 saturated heterocycles. The van der Waals surface area contributed by atoms with Crippen LogP contribution in [0.4, 0.5) is 24.8 Å². The molecule has 3 aromatic carbocycles. The third-order valence-corrected chi connectivity index (χ3v) is 6.87. The van der Waals surface area contributed by atoms with E-state index in [-0.39, 0.29) is 23.6 Å². The molecule has 0 fully saturated rings. The van der Waals surface area contributed by atoms with Crippen molar-refractivity contribution in [3.8, 4) is 5.75 Å². The molecule has 2 N–H and O–H groups in total. The van der Waals surface area contributed by atoms with Crippen LogP contribution in [0.25, 0.3) is 11.0 Å². The Bertz CT molecular complexity index is 1480. The van der Waals surface area contributed by atoms with E-state index in [0.29, 0.717) is 23.6 Å². The summed E-state index contributed by atoms with van der Waals surface area (Å²) in [4.78, 5) is 15.9. The lowest BCUT2D eigenvalue weighted by Gasteiger charge is -2.38. The number of imidazole rings is 1. The number of aromatic nitrogens is 2. The van der Waals surface area contributed by atoms with Crippen molar-refractivity contribution < 1.29 is 27.8 Å². The topological polar surface area (TPSA) is 76.4 Å². The van der Waals surface area contributed by atoms with Gasteiger partial charge in [-0.05, 0) is 77.8 Å². The van der Waals surface area contributed by atoms with Crippen LogP contribution >= 0.6 is 0 Å². The van der Waals surface area contributed by atoms with E-state index in [4.69, 9.17) is 10.1 Å². The van der Waals surface area contributed by atoms with Crippen molar-refractivity contribution in [1.82, 2.24) is 9.55 Å². The van der Waals surface area contributed by atoms with Gasteiger partial charge >= 0.3 is 12.3 Å². The van der Waals surface area contributed by atoms with E-state index in [0.717, 1.165) is 23.9 Å². The van der Waals surface area contributed by atoms with Crippen molar-refractivity contribution in [3.63, 3.8) is 0 Å². The van der Waals surface area contributed by atoms with E-state index >= 15 is 0 Å². The molecule has 1 heterocycles. The first-order chi connectivity index (χ1) is 18.0. The fourth-order valence-electron chi connectivity index (χ4n) is 5.30. The highest BCUT2D eigenvalue weighted by Crippen LogP contribution is 2.45. The molecule has 0 bridgehead atoms. The zero-order chi connectivity index (χ0) is 27.1. The van der Waals surface area contributed by atoms with Gasteiger partial charge in [-0.2, -0.15) is 0 Å². The molecule has 4 aromatic rings. The van der Waals surface area contributed by atoms with Gasteiger partial charge in [0.1, 0.15) is 5.75 Å². The minimum absolute atomic E-state index is 0.0217. The molecule has 0 radical (unpaired) electrons. The van der Waals surface area contributed by atoms with E-state index in [1.54, 1.807) is 0 Å². The largest absolute Gasteiger partial charge is 0.573 e. The number of ether oxygens (including phenoxy) is 1. The summed E-state index contributed by atoms with van der Waals surface area (Å²) < 4.78 is 43.9. The van der Waals surface area contributed by atoms with E-state index in [1.165, 1.54) is 35.4 Å². The van der Waals surface area contributed by atoms with Crippen LogP contribution in [-0.2, 0) is 17.6 Å². The van der Waals surface area contributed by atoms with E-state index in [9.17, 15) is 18.0 Å². The normalized spacial score (nSPS) is 16.7. The molecule has 0 amide bonds. The molecular formula is C29H28F3N3O3. The van der Waals surface area contributed by atoms with E-state index in [2.05, 4.69) is 40.6 Å². The molecule has 0 aliphatic heterocycles. The second-order valence-corrected chi connectivity index (χ2v) is 10.5. The van der Waals surface area contributed by atoms with Gasteiger partial charge in [0.25, 0.3) is 0 Å². The SMILES string of the molecule is CC1(C)Cc2ccccc2[C@@H](n2c(Nc3ccc(OC(F)(F)F)cc3)nc3cc(CCC(=O)O)ccc32)C1. The Hall–Kier alpha value is -4.01. The van der Waals surface area contributed by atoms with Crippen molar-refractivity contribution in [2.45, 2.75) is 51.9 Å². The van der Waals surface area contributed by atoms with Gasteiger partial charge in [0, 0.05) is 12.1 Å². The first kappa shape index (κ1) is 25.6. The summed E-state index contributed by atoms with van der Waals surface area (Å²) in [5.74, 6) is -0.614. The second kappa shape index (κ2) is 9.70. The number of carboxylic acid groups (broad SMARTS) is 1. The number of benzene rings is 3. The smallest absolute Gasteiger partial charge is 0.481 e. The Labute approximate surface area is 218 Å². The average Bonchev–Trinajstić information content (AvgIpc) is 3.18. The second-order valence-electron chi connectivity index (χ2n) is 10.5. The lowest BCUT2D eigenvalue weighted by atomic mass is 9.72. The molecule has 0 saturated carbocycles. The van der Waals surface area contributed by atoms with Gasteiger partial charge < -0.3 is 19.7 Å². The van der Waals surface area contributed by atoms with Gasteiger partial charge in [0.15, 0.2) is 0 Å². The van der Waals surface area contributed by atoms with Gasteiger partial charge in [0.05, 0.1) is 17.1 Å². The zero-order valence-electron chi connectivity index (χ0n) is 21.0. The first-order valence-corrected chi connectivity index (χ1v) is 12.4. The van der Waals surface area contributed by atoms with Crippen LogP contribution in [-0.4, -0.2) is 27.0 Å². The zero-order valence-corrected chi connectivity index (χ0v) is 21.0. The highest BCUT2D eigenvalue weighted by molar-refractivity contribution is 5.81. The molecular weight excluding hydrogens is 495 g/mol. The van der Waals surface area contributed by atoms with Gasteiger partial charge in [-0.3, -0.25) is 4.79 Å². The lowest BCUT2D eigenvalue weighted by molar-refractivity contribution is -0.274. The predicted octanol–water partition coefficient (Wildman–Crippen LogP) is 7.26. The Morgan fingerprint density at radius 2 is 1.87 bits per heavy atom. The third kappa shape index (κ3) is 5.61. The number of rotatable bonds is 7. The van der Waals surface area contributed by atoms with Crippen molar-refractivity contribution in [3.05, 3.63) is 83.4 Å². The van der Waals surface area contributed by atoms with Crippen LogP contribution in [0.2, 0.25) is 0 Å². The molecule has 6 nitrogen and oxygen atoms in total. The maximum absolute atomic E-state index is 12.6. The number of halogens is 3. The lowest BCUT2D eigenvalue weighted by Crippen LogP contribution is -2.29. The molecule has 38 heavy (non-hydrogen) atoms. The Morgan fingerprint density at radius 1 is 1.13 bits per heavy atom. The van der Waals surface area contributed by atoms with Crippen LogP contribution < -0.4 is 10.1 Å². The Kier molecular flexibility index (Phi) is 6.54. The van der Waals surface area contributed by atoms with Crippen molar-refractivity contribution in [1.29, 1.82) is 0 Å². The number of fused-ring (bicyclic) bond motifs is 2. The number of hydrogen-bond acceptors (Lipinski definition) is 4. The van der Waals surface area contributed by atoms with Crippen molar-refractivity contribution in [2.75, 3.05) is 5.32 Å². The minimum Gasteiger partial charge on any atom is -0.481 e.